The number of carbonyl (C=O) groups is 1. The summed E-state index contributed by atoms with van der Waals surface area (Å²) in [5.74, 6) is 1.06. The van der Waals surface area contributed by atoms with Crippen LogP contribution in [-0.4, -0.2) is 32.3 Å². The van der Waals surface area contributed by atoms with Crippen molar-refractivity contribution in [1.82, 2.24) is 0 Å². The molecule has 0 heterocycles. The van der Waals surface area contributed by atoms with Crippen molar-refractivity contribution in [2.24, 2.45) is 0 Å². The van der Waals surface area contributed by atoms with Crippen LogP contribution in [0.5, 0.6) is 11.5 Å². The predicted octanol–water partition coefficient (Wildman–Crippen LogP) is 5.21. The summed E-state index contributed by atoms with van der Waals surface area (Å²) in [5.41, 5.74) is 0.640. The number of para-hydroxylation sites is 2. The lowest BCUT2D eigenvalue weighted by atomic mass is 10.2. The Bertz CT molecular complexity index is 740. The number of ether oxygens (including phenoxy) is 3. The maximum atomic E-state index is 12.2. The minimum absolute atomic E-state index is 0.110. The van der Waals surface area contributed by atoms with E-state index in [2.05, 4.69) is 5.32 Å². The Kier molecular flexibility index (Phi) is 9.25. The van der Waals surface area contributed by atoms with E-state index >= 15 is 0 Å². The molecule has 0 bridgehead atoms. The molecule has 2 rings (SSSR count). The van der Waals surface area contributed by atoms with Crippen molar-refractivity contribution >= 4 is 34.8 Å². The molecule has 0 atom stereocenters. The van der Waals surface area contributed by atoms with E-state index in [4.69, 9.17) is 37.4 Å². The SMILES string of the molecule is CCOCCOc1ccccc1NC(=O)CCCOc1ccc(Cl)cc1Cl. The first-order valence-electron chi connectivity index (χ1n) is 8.77. The Labute approximate surface area is 169 Å². The van der Waals surface area contributed by atoms with Gasteiger partial charge in [0.1, 0.15) is 18.1 Å². The Morgan fingerprint density at radius 3 is 2.56 bits per heavy atom. The molecular formula is C20H23Cl2NO4. The topological polar surface area (TPSA) is 56.8 Å². The number of hydrogen-bond acceptors (Lipinski definition) is 4. The smallest absolute Gasteiger partial charge is 0.224 e. The summed E-state index contributed by atoms with van der Waals surface area (Å²) in [6, 6.07) is 12.4. The number of nitrogens with one attached hydrogen (secondary N) is 1. The van der Waals surface area contributed by atoms with Gasteiger partial charge in [-0.25, -0.2) is 0 Å². The van der Waals surface area contributed by atoms with E-state index in [1.165, 1.54) is 0 Å². The van der Waals surface area contributed by atoms with Crippen LogP contribution in [0.2, 0.25) is 10.0 Å². The average Bonchev–Trinajstić information content (AvgIpc) is 2.65. The molecule has 0 radical (unpaired) electrons. The van der Waals surface area contributed by atoms with Crippen molar-refractivity contribution in [3.8, 4) is 11.5 Å². The van der Waals surface area contributed by atoms with Crippen molar-refractivity contribution in [3.05, 3.63) is 52.5 Å². The molecule has 5 nitrogen and oxygen atoms in total. The zero-order valence-electron chi connectivity index (χ0n) is 15.2. The molecule has 0 saturated carbocycles. The van der Waals surface area contributed by atoms with E-state index in [1.54, 1.807) is 24.3 Å². The van der Waals surface area contributed by atoms with Crippen LogP contribution in [-0.2, 0) is 9.53 Å². The third-order valence-electron chi connectivity index (χ3n) is 3.55. The third kappa shape index (κ3) is 7.67. The second-order valence-electron chi connectivity index (χ2n) is 5.62. The molecule has 0 aliphatic heterocycles. The average molecular weight is 412 g/mol. The second kappa shape index (κ2) is 11.7. The normalized spacial score (nSPS) is 10.5. The Balaban J connectivity index is 1.75. The van der Waals surface area contributed by atoms with E-state index in [0.717, 1.165) is 0 Å². The van der Waals surface area contributed by atoms with E-state index in [-0.39, 0.29) is 5.91 Å². The number of rotatable bonds is 11. The largest absolute Gasteiger partial charge is 0.492 e. The monoisotopic (exact) mass is 411 g/mol. The predicted molar refractivity (Wildman–Crippen MR) is 108 cm³/mol. The number of hydrogen-bond donors (Lipinski definition) is 1. The summed E-state index contributed by atoms with van der Waals surface area (Å²) in [4.78, 5) is 12.2. The molecule has 1 amide bonds. The Morgan fingerprint density at radius 1 is 1.00 bits per heavy atom. The number of carbonyl (C=O) groups excluding carboxylic acids is 1. The quantitative estimate of drug-likeness (QED) is 0.515. The van der Waals surface area contributed by atoms with Crippen molar-refractivity contribution in [2.45, 2.75) is 19.8 Å². The van der Waals surface area contributed by atoms with Gasteiger partial charge in [0.25, 0.3) is 0 Å². The lowest BCUT2D eigenvalue weighted by Crippen LogP contribution is -2.14. The summed E-state index contributed by atoms with van der Waals surface area (Å²) in [7, 11) is 0. The lowest BCUT2D eigenvalue weighted by Gasteiger charge is -2.13. The van der Waals surface area contributed by atoms with Gasteiger partial charge in [-0.05, 0) is 43.7 Å². The highest BCUT2D eigenvalue weighted by molar-refractivity contribution is 6.35. The van der Waals surface area contributed by atoms with E-state index in [0.29, 0.717) is 66.5 Å². The summed E-state index contributed by atoms with van der Waals surface area (Å²) in [5, 5.41) is 3.86. The van der Waals surface area contributed by atoms with Crippen molar-refractivity contribution in [1.29, 1.82) is 0 Å². The molecule has 0 spiro atoms. The van der Waals surface area contributed by atoms with Crippen LogP contribution in [0.25, 0.3) is 0 Å². The number of amides is 1. The molecule has 0 fully saturated rings. The molecule has 146 valence electrons. The van der Waals surface area contributed by atoms with Crippen LogP contribution in [0.15, 0.2) is 42.5 Å². The second-order valence-corrected chi connectivity index (χ2v) is 6.46. The van der Waals surface area contributed by atoms with Gasteiger partial charge in [0.15, 0.2) is 0 Å². The summed E-state index contributed by atoms with van der Waals surface area (Å²) in [6.07, 6.45) is 0.872. The fourth-order valence-electron chi connectivity index (χ4n) is 2.27. The van der Waals surface area contributed by atoms with Crippen molar-refractivity contribution in [2.75, 3.05) is 31.7 Å². The highest BCUT2D eigenvalue weighted by atomic mass is 35.5. The summed E-state index contributed by atoms with van der Waals surface area (Å²) < 4.78 is 16.5. The number of halogens is 2. The van der Waals surface area contributed by atoms with Gasteiger partial charge < -0.3 is 19.5 Å². The summed E-state index contributed by atoms with van der Waals surface area (Å²) in [6.45, 7) is 3.88. The van der Waals surface area contributed by atoms with Gasteiger partial charge >= 0.3 is 0 Å². The van der Waals surface area contributed by atoms with E-state index in [9.17, 15) is 4.79 Å². The molecule has 7 heteroatoms. The van der Waals surface area contributed by atoms with Gasteiger partial charge in [0.05, 0.1) is 23.9 Å². The van der Waals surface area contributed by atoms with E-state index < -0.39 is 0 Å². The minimum atomic E-state index is -0.110. The summed E-state index contributed by atoms with van der Waals surface area (Å²) >= 11 is 11.9. The molecular weight excluding hydrogens is 389 g/mol. The highest BCUT2D eigenvalue weighted by Crippen LogP contribution is 2.27. The first kappa shape index (κ1) is 21.4. The molecule has 0 saturated heterocycles. The molecule has 0 aromatic heterocycles. The third-order valence-corrected chi connectivity index (χ3v) is 4.08. The van der Waals surface area contributed by atoms with Crippen LogP contribution in [0, 0.1) is 0 Å². The first-order chi connectivity index (χ1) is 13.1. The molecule has 1 N–H and O–H groups in total. The lowest BCUT2D eigenvalue weighted by molar-refractivity contribution is -0.116. The van der Waals surface area contributed by atoms with Gasteiger partial charge in [0.2, 0.25) is 5.91 Å². The standard InChI is InChI=1S/C20H23Cl2NO4/c1-2-25-12-13-27-19-7-4-3-6-17(19)23-20(24)8-5-11-26-18-10-9-15(21)14-16(18)22/h3-4,6-7,9-10,14H,2,5,8,11-13H2,1H3,(H,23,24). The van der Waals surface area contributed by atoms with Crippen LogP contribution in [0.4, 0.5) is 5.69 Å². The number of benzene rings is 2. The maximum absolute atomic E-state index is 12.2. The van der Waals surface area contributed by atoms with Crippen LogP contribution < -0.4 is 14.8 Å². The Hall–Kier alpha value is -1.95. The van der Waals surface area contributed by atoms with Crippen LogP contribution in [0.3, 0.4) is 0 Å². The van der Waals surface area contributed by atoms with Gasteiger partial charge in [0, 0.05) is 18.1 Å². The first-order valence-corrected chi connectivity index (χ1v) is 9.53. The maximum Gasteiger partial charge on any atom is 0.224 e. The van der Waals surface area contributed by atoms with E-state index in [1.807, 2.05) is 25.1 Å². The van der Waals surface area contributed by atoms with Crippen LogP contribution >= 0.6 is 23.2 Å². The number of anilines is 1. The fourth-order valence-corrected chi connectivity index (χ4v) is 2.73. The molecule has 0 unspecified atom stereocenters. The van der Waals surface area contributed by atoms with Gasteiger partial charge in [-0.3, -0.25) is 4.79 Å². The van der Waals surface area contributed by atoms with Gasteiger partial charge in [-0.1, -0.05) is 35.3 Å². The van der Waals surface area contributed by atoms with Crippen LogP contribution in [0.1, 0.15) is 19.8 Å². The fraction of sp³-hybridized carbons (Fsp3) is 0.350. The molecule has 2 aromatic rings. The van der Waals surface area contributed by atoms with Crippen molar-refractivity contribution in [3.63, 3.8) is 0 Å². The van der Waals surface area contributed by atoms with Crippen molar-refractivity contribution < 1.29 is 19.0 Å². The highest BCUT2D eigenvalue weighted by Gasteiger charge is 2.08. The molecule has 2 aromatic carbocycles. The zero-order chi connectivity index (χ0) is 19.5. The molecule has 0 aliphatic carbocycles. The molecule has 0 aliphatic rings. The van der Waals surface area contributed by atoms with Gasteiger partial charge in [-0.15, -0.1) is 0 Å². The zero-order valence-corrected chi connectivity index (χ0v) is 16.7. The Morgan fingerprint density at radius 2 is 1.78 bits per heavy atom. The van der Waals surface area contributed by atoms with Gasteiger partial charge in [-0.2, -0.15) is 0 Å². The molecule has 27 heavy (non-hydrogen) atoms. The minimum Gasteiger partial charge on any atom is -0.492 e.